The number of carbonyl (C=O) groups is 1. The van der Waals surface area contributed by atoms with Crippen molar-refractivity contribution in [2.75, 3.05) is 7.11 Å². The number of rotatable bonds is 2. The third kappa shape index (κ3) is 2.89. The van der Waals surface area contributed by atoms with E-state index >= 15 is 0 Å². The fourth-order valence-corrected chi connectivity index (χ4v) is 2.40. The zero-order chi connectivity index (χ0) is 11.6. The lowest BCUT2D eigenvalue weighted by Crippen LogP contribution is -2.10. The topological polar surface area (TPSA) is 80.7 Å². The van der Waals surface area contributed by atoms with E-state index in [-0.39, 0.29) is 5.56 Å². The highest BCUT2D eigenvalue weighted by Gasteiger charge is 2.21. The first-order chi connectivity index (χ1) is 6.86. The van der Waals surface area contributed by atoms with E-state index in [0.29, 0.717) is 3.57 Å². The zero-order valence-electron chi connectivity index (χ0n) is 7.60. The van der Waals surface area contributed by atoms with Crippen LogP contribution in [-0.2, 0) is 14.9 Å². The van der Waals surface area contributed by atoms with Gasteiger partial charge in [0.15, 0.2) is 0 Å². The minimum Gasteiger partial charge on any atom is -0.465 e. The second-order valence-corrected chi connectivity index (χ2v) is 5.24. The Morgan fingerprint density at radius 2 is 2.07 bits per heavy atom. The quantitative estimate of drug-likeness (QED) is 0.498. The summed E-state index contributed by atoms with van der Waals surface area (Å²) in [6.45, 7) is 0. The van der Waals surface area contributed by atoms with Crippen LogP contribution in [0.25, 0.3) is 0 Å². The molecule has 0 aliphatic heterocycles. The van der Waals surface area contributed by atoms with Crippen molar-refractivity contribution in [3.05, 3.63) is 27.3 Å². The molecule has 0 aliphatic rings. The Labute approximate surface area is 100 Å². The number of methoxy groups -OCH3 is 1. The van der Waals surface area contributed by atoms with Crippen LogP contribution in [-0.4, -0.2) is 26.0 Å². The Balaban J connectivity index is 3.47. The fourth-order valence-electron chi connectivity index (χ4n) is 0.988. The summed E-state index contributed by atoms with van der Waals surface area (Å²) in [7, 11) is -3.28. The molecule has 0 radical (unpaired) electrons. The Morgan fingerprint density at radius 1 is 1.47 bits per heavy atom. The lowest BCUT2D eigenvalue weighted by Gasteiger charge is -2.05. The van der Waals surface area contributed by atoms with Gasteiger partial charge in [0, 0.05) is 3.57 Å². The number of halogens is 1. The van der Waals surface area contributed by atoms with Crippen molar-refractivity contribution < 1.29 is 22.5 Å². The third-order valence-electron chi connectivity index (χ3n) is 1.63. The number of esters is 1. The number of carbonyl (C=O) groups excluding carboxylic acids is 1. The van der Waals surface area contributed by atoms with Crippen molar-refractivity contribution in [2.24, 2.45) is 0 Å². The van der Waals surface area contributed by atoms with Crippen LogP contribution in [0.3, 0.4) is 0 Å². The molecule has 0 bridgehead atoms. The summed E-state index contributed by atoms with van der Waals surface area (Å²) in [5, 5.41) is 0. The maximum absolute atomic E-state index is 11.2. The lowest BCUT2D eigenvalue weighted by molar-refractivity contribution is 0.0596. The van der Waals surface area contributed by atoms with Crippen molar-refractivity contribution >= 4 is 38.7 Å². The average molecular weight is 342 g/mol. The van der Waals surface area contributed by atoms with Crippen molar-refractivity contribution in [2.45, 2.75) is 4.90 Å². The normalized spacial score (nSPS) is 11.1. The second kappa shape index (κ2) is 4.45. The average Bonchev–Trinajstić information content (AvgIpc) is 2.15. The van der Waals surface area contributed by atoms with E-state index in [1.165, 1.54) is 12.1 Å². The van der Waals surface area contributed by atoms with Crippen LogP contribution in [0.4, 0.5) is 0 Å². The number of hydrogen-bond donors (Lipinski definition) is 1. The highest BCUT2D eigenvalue weighted by atomic mass is 127. The molecule has 7 heteroatoms. The number of ether oxygens (including phenoxy) is 1. The largest absolute Gasteiger partial charge is 0.465 e. The molecular weight excluding hydrogens is 335 g/mol. The van der Waals surface area contributed by atoms with Gasteiger partial charge in [0.25, 0.3) is 10.1 Å². The van der Waals surface area contributed by atoms with Crippen LogP contribution in [0.1, 0.15) is 10.4 Å². The molecule has 0 saturated heterocycles. The summed E-state index contributed by atoms with van der Waals surface area (Å²) in [5.41, 5.74) is -0.180. The molecule has 0 atom stereocenters. The molecule has 1 aromatic rings. The van der Waals surface area contributed by atoms with Crippen molar-refractivity contribution in [1.29, 1.82) is 0 Å². The van der Waals surface area contributed by atoms with E-state index in [2.05, 4.69) is 4.74 Å². The first-order valence-electron chi connectivity index (χ1n) is 3.71. The van der Waals surface area contributed by atoms with E-state index in [0.717, 1.165) is 7.11 Å². The van der Waals surface area contributed by atoms with Gasteiger partial charge in [-0.2, -0.15) is 8.42 Å². The molecule has 15 heavy (non-hydrogen) atoms. The monoisotopic (exact) mass is 342 g/mol. The molecule has 0 heterocycles. The summed E-state index contributed by atoms with van der Waals surface area (Å²) in [5.74, 6) is -0.806. The van der Waals surface area contributed by atoms with E-state index < -0.39 is 21.0 Å². The van der Waals surface area contributed by atoms with Gasteiger partial charge in [0.2, 0.25) is 0 Å². The summed E-state index contributed by atoms with van der Waals surface area (Å²) in [4.78, 5) is 10.7. The highest BCUT2D eigenvalue weighted by Crippen LogP contribution is 2.19. The van der Waals surface area contributed by atoms with Gasteiger partial charge >= 0.3 is 5.97 Å². The first-order valence-corrected chi connectivity index (χ1v) is 6.23. The minimum atomic E-state index is -4.42. The lowest BCUT2D eigenvalue weighted by atomic mass is 10.2. The van der Waals surface area contributed by atoms with Crippen LogP contribution in [0.15, 0.2) is 23.1 Å². The van der Waals surface area contributed by atoms with Gasteiger partial charge in [-0.1, -0.05) is 0 Å². The minimum absolute atomic E-state index is 0.180. The van der Waals surface area contributed by atoms with Crippen molar-refractivity contribution in [3.8, 4) is 0 Å². The Kier molecular flexibility index (Phi) is 3.68. The van der Waals surface area contributed by atoms with Gasteiger partial charge in [-0.25, -0.2) is 4.79 Å². The maximum Gasteiger partial charge on any atom is 0.339 e. The summed E-state index contributed by atoms with van der Waals surface area (Å²) in [6, 6.07) is 4.03. The summed E-state index contributed by atoms with van der Waals surface area (Å²) >= 11 is 1.87. The molecule has 0 amide bonds. The summed E-state index contributed by atoms with van der Waals surface area (Å²) < 4.78 is 35.8. The Bertz CT molecular complexity index is 494. The molecule has 5 nitrogen and oxygen atoms in total. The van der Waals surface area contributed by atoms with Gasteiger partial charge in [0.05, 0.1) is 12.7 Å². The molecule has 0 aliphatic carbocycles. The molecule has 1 aromatic carbocycles. The van der Waals surface area contributed by atoms with Gasteiger partial charge in [-0.05, 0) is 40.8 Å². The van der Waals surface area contributed by atoms with E-state index in [1.807, 2.05) is 22.6 Å². The van der Waals surface area contributed by atoms with Gasteiger partial charge in [-0.3, -0.25) is 4.55 Å². The SMILES string of the molecule is COC(=O)c1ccc(I)cc1S(=O)(=O)O. The smallest absolute Gasteiger partial charge is 0.339 e. The van der Waals surface area contributed by atoms with Crippen LogP contribution in [0.2, 0.25) is 0 Å². The van der Waals surface area contributed by atoms with Crippen molar-refractivity contribution in [3.63, 3.8) is 0 Å². The van der Waals surface area contributed by atoms with Gasteiger partial charge < -0.3 is 4.74 Å². The molecule has 1 rings (SSSR count). The van der Waals surface area contributed by atoms with E-state index in [1.54, 1.807) is 6.07 Å². The molecular formula is C8H7IO5S. The Morgan fingerprint density at radius 3 is 2.53 bits per heavy atom. The molecule has 0 fully saturated rings. The predicted octanol–water partition coefficient (Wildman–Crippen LogP) is 1.32. The maximum atomic E-state index is 11.2. The van der Waals surface area contributed by atoms with Gasteiger partial charge in [-0.15, -0.1) is 0 Å². The molecule has 0 unspecified atom stereocenters. The van der Waals surface area contributed by atoms with Crippen LogP contribution in [0, 0.1) is 3.57 Å². The zero-order valence-corrected chi connectivity index (χ0v) is 10.6. The van der Waals surface area contributed by atoms with Crippen LogP contribution >= 0.6 is 22.6 Å². The van der Waals surface area contributed by atoms with Crippen LogP contribution in [0.5, 0.6) is 0 Å². The second-order valence-electron chi connectivity index (χ2n) is 2.61. The van der Waals surface area contributed by atoms with E-state index in [4.69, 9.17) is 4.55 Å². The van der Waals surface area contributed by atoms with Crippen LogP contribution < -0.4 is 0 Å². The fraction of sp³-hybridized carbons (Fsp3) is 0.125. The molecule has 0 saturated carbocycles. The number of benzene rings is 1. The number of hydrogen-bond acceptors (Lipinski definition) is 4. The molecule has 1 N–H and O–H groups in total. The molecule has 0 spiro atoms. The first kappa shape index (κ1) is 12.4. The highest BCUT2D eigenvalue weighted by molar-refractivity contribution is 14.1. The molecule has 0 aromatic heterocycles. The van der Waals surface area contributed by atoms with Crippen molar-refractivity contribution in [1.82, 2.24) is 0 Å². The molecule has 82 valence electrons. The standard InChI is InChI=1S/C8H7IO5S/c1-14-8(10)6-3-2-5(9)4-7(6)15(11,12)13/h2-4H,1H3,(H,11,12,13). The third-order valence-corrected chi connectivity index (χ3v) is 3.19. The van der Waals surface area contributed by atoms with Gasteiger partial charge in [0.1, 0.15) is 4.90 Å². The van der Waals surface area contributed by atoms with E-state index in [9.17, 15) is 13.2 Å². The predicted molar refractivity (Wildman–Crippen MR) is 60.3 cm³/mol. The Hall–Kier alpha value is -0.670. The summed E-state index contributed by atoms with van der Waals surface area (Å²) in [6.07, 6.45) is 0.